The van der Waals surface area contributed by atoms with Crippen molar-refractivity contribution in [3.63, 3.8) is 0 Å². The fourth-order valence-corrected chi connectivity index (χ4v) is 2.09. The molecule has 0 aromatic heterocycles. The van der Waals surface area contributed by atoms with Gasteiger partial charge in [0.05, 0.1) is 0 Å². The Hall–Kier alpha value is -1.34. The quantitative estimate of drug-likeness (QED) is 0.450. The van der Waals surface area contributed by atoms with Crippen LogP contribution in [0, 0.1) is 0 Å². The zero-order chi connectivity index (χ0) is 13.5. The maximum atomic E-state index is 11.6. The molecule has 7 heteroatoms. The number of aliphatic hydroxyl groups excluding tert-OH is 1. The Balaban J connectivity index is 2.41. The van der Waals surface area contributed by atoms with E-state index < -0.39 is 18.0 Å². The molecular formula is C11H21N3O4. The molecule has 3 atom stereocenters. The molecule has 0 aromatic carbocycles. The van der Waals surface area contributed by atoms with E-state index in [1.165, 1.54) is 0 Å². The number of amides is 2. The highest BCUT2D eigenvalue weighted by Gasteiger charge is 2.25. The molecule has 6 N–H and O–H groups in total. The maximum absolute atomic E-state index is 11.6. The number of hydrogen-bond donors (Lipinski definition) is 5. The first kappa shape index (κ1) is 14.7. The second-order valence-corrected chi connectivity index (χ2v) is 4.58. The molecule has 0 heterocycles. The molecule has 1 aliphatic rings. The van der Waals surface area contributed by atoms with Crippen LogP contribution in [0.5, 0.6) is 0 Å². The molecule has 0 aromatic rings. The van der Waals surface area contributed by atoms with Crippen molar-refractivity contribution in [2.75, 3.05) is 6.61 Å². The standard InChI is InChI=1S/C11H21N3O4/c12-7-3-1-2-4-8(7)13-11(18)14-9(5-6-15)10(16)17/h7-9,15H,1-6,12H2,(H,16,17)(H2,13,14,18). The second-order valence-electron chi connectivity index (χ2n) is 4.58. The molecule has 1 aliphatic carbocycles. The number of urea groups is 1. The van der Waals surface area contributed by atoms with Crippen LogP contribution in [0.15, 0.2) is 0 Å². The number of carboxylic acids is 1. The van der Waals surface area contributed by atoms with E-state index in [2.05, 4.69) is 10.6 Å². The monoisotopic (exact) mass is 259 g/mol. The minimum atomic E-state index is -1.16. The minimum absolute atomic E-state index is 0.0144. The van der Waals surface area contributed by atoms with E-state index in [0.29, 0.717) is 0 Å². The summed E-state index contributed by atoms with van der Waals surface area (Å²) in [4.78, 5) is 22.4. The van der Waals surface area contributed by atoms with Crippen LogP contribution in [0.1, 0.15) is 32.1 Å². The van der Waals surface area contributed by atoms with Gasteiger partial charge in [-0.15, -0.1) is 0 Å². The summed E-state index contributed by atoms with van der Waals surface area (Å²) >= 11 is 0. The van der Waals surface area contributed by atoms with Crippen molar-refractivity contribution in [1.29, 1.82) is 0 Å². The van der Waals surface area contributed by atoms with Gasteiger partial charge in [0, 0.05) is 25.1 Å². The van der Waals surface area contributed by atoms with Gasteiger partial charge in [-0.25, -0.2) is 9.59 Å². The molecule has 0 bridgehead atoms. The van der Waals surface area contributed by atoms with E-state index in [0.717, 1.165) is 25.7 Å². The van der Waals surface area contributed by atoms with Gasteiger partial charge in [0.15, 0.2) is 0 Å². The van der Waals surface area contributed by atoms with Gasteiger partial charge < -0.3 is 26.6 Å². The van der Waals surface area contributed by atoms with Crippen molar-refractivity contribution in [3.05, 3.63) is 0 Å². The minimum Gasteiger partial charge on any atom is -0.480 e. The number of aliphatic hydroxyl groups is 1. The topological polar surface area (TPSA) is 125 Å². The molecule has 2 amide bonds. The summed E-state index contributed by atoms with van der Waals surface area (Å²) in [7, 11) is 0. The number of nitrogens with two attached hydrogens (primary N) is 1. The zero-order valence-electron chi connectivity index (χ0n) is 10.3. The van der Waals surface area contributed by atoms with E-state index in [4.69, 9.17) is 15.9 Å². The van der Waals surface area contributed by atoms with Crippen LogP contribution in [0.2, 0.25) is 0 Å². The van der Waals surface area contributed by atoms with E-state index in [1.54, 1.807) is 0 Å². The lowest BCUT2D eigenvalue weighted by atomic mass is 9.91. The molecule has 0 spiro atoms. The Morgan fingerprint density at radius 2 is 2.00 bits per heavy atom. The van der Waals surface area contributed by atoms with Crippen LogP contribution in [0.4, 0.5) is 4.79 Å². The summed E-state index contributed by atoms with van der Waals surface area (Å²) in [6.45, 7) is -0.291. The van der Waals surface area contributed by atoms with Crippen molar-refractivity contribution in [2.45, 2.75) is 50.2 Å². The third-order valence-electron chi connectivity index (χ3n) is 3.16. The average molecular weight is 259 g/mol. The summed E-state index contributed by atoms with van der Waals surface area (Å²) in [5.74, 6) is -1.16. The molecule has 104 valence electrons. The summed E-state index contributed by atoms with van der Waals surface area (Å²) in [6, 6.07) is -1.80. The lowest BCUT2D eigenvalue weighted by molar-refractivity contribution is -0.139. The number of aliphatic carboxylic acids is 1. The van der Waals surface area contributed by atoms with Crippen LogP contribution >= 0.6 is 0 Å². The summed E-state index contributed by atoms with van der Waals surface area (Å²) in [6.07, 6.45) is 3.73. The third kappa shape index (κ3) is 4.50. The Morgan fingerprint density at radius 3 is 2.56 bits per heavy atom. The summed E-state index contributed by atoms with van der Waals surface area (Å²) < 4.78 is 0. The highest BCUT2D eigenvalue weighted by molar-refractivity contribution is 5.82. The number of hydrogen-bond acceptors (Lipinski definition) is 4. The molecule has 7 nitrogen and oxygen atoms in total. The zero-order valence-corrected chi connectivity index (χ0v) is 10.3. The highest BCUT2D eigenvalue weighted by Crippen LogP contribution is 2.16. The summed E-state index contributed by atoms with van der Waals surface area (Å²) in [5.41, 5.74) is 5.88. The largest absolute Gasteiger partial charge is 0.480 e. The predicted octanol–water partition coefficient (Wildman–Crippen LogP) is -0.609. The molecule has 1 saturated carbocycles. The van der Waals surface area contributed by atoms with Gasteiger partial charge in [0.25, 0.3) is 0 Å². The Bertz CT molecular complexity index is 298. The normalized spacial score (nSPS) is 25.2. The van der Waals surface area contributed by atoms with Gasteiger partial charge in [-0.05, 0) is 12.8 Å². The van der Waals surface area contributed by atoms with Gasteiger partial charge in [0.2, 0.25) is 0 Å². The van der Waals surface area contributed by atoms with E-state index in [9.17, 15) is 9.59 Å². The Morgan fingerprint density at radius 1 is 1.33 bits per heavy atom. The van der Waals surface area contributed by atoms with Crippen LogP contribution < -0.4 is 16.4 Å². The van der Waals surface area contributed by atoms with Crippen LogP contribution in [0.25, 0.3) is 0 Å². The van der Waals surface area contributed by atoms with Crippen molar-refractivity contribution < 1.29 is 19.8 Å². The first-order valence-electron chi connectivity index (χ1n) is 6.21. The predicted molar refractivity (Wildman–Crippen MR) is 65.0 cm³/mol. The van der Waals surface area contributed by atoms with E-state index >= 15 is 0 Å². The Kier molecular flexibility index (Phi) is 5.87. The average Bonchev–Trinajstić information content (AvgIpc) is 2.31. The lowest BCUT2D eigenvalue weighted by Gasteiger charge is -2.29. The SMILES string of the molecule is NC1CCCCC1NC(=O)NC(CCO)C(=O)O. The van der Waals surface area contributed by atoms with Gasteiger partial charge in [-0.1, -0.05) is 12.8 Å². The van der Waals surface area contributed by atoms with E-state index in [1.807, 2.05) is 0 Å². The number of nitrogens with one attached hydrogen (secondary N) is 2. The molecular weight excluding hydrogens is 238 g/mol. The van der Waals surface area contributed by atoms with Crippen LogP contribution in [-0.4, -0.2) is 46.9 Å². The molecule has 3 unspecified atom stereocenters. The third-order valence-corrected chi connectivity index (χ3v) is 3.16. The molecule has 0 aliphatic heterocycles. The fraction of sp³-hybridized carbons (Fsp3) is 0.818. The number of carboxylic acid groups (broad SMARTS) is 1. The van der Waals surface area contributed by atoms with Crippen molar-refractivity contribution in [2.24, 2.45) is 5.73 Å². The molecule has 1 rings (SSSR count). The fourth-order valence-electron chi connectivity index (χ4n) is 2.09. The first-order chi connectivity index (χ1) is 8.54. The smallest absolute Gasteiger partial charge is 0.326 e. The van der Waals surface area contributed by atoms with Crippen LogP contribution in [0.3, 0.4) is 0 Å². The maximum Gasteiger partial charge on any atom is 0.326 e. The van der Waals surface area contributed by atoms with Gasteiger partial charge in [-0.3, -0.25) is 0 Å². The van der Waals surface area contributed by atoms with Gasteiger partial charge >= 0.3 is 12.0 Å². The number of rotatable bonds is 5. The molecule has 0 radical (unpaired) electrons. The van der Waals surface area contributed by atoms with Crippen molar-refractivity contribution in [1.82, 2.24) is 10.6 Å². The van der Waals surface area contributed by atoms with Gasteiger partial charge in [-0.2, -0.15) is 0 Å². The summed E-state index contributed by atoms with van der Waals surface area (Å²) in [5, 5.41) is 22.6. The number of carbonyl (C=O) groups excluding carboxylic acids is 1. The van der Waals surface area contributed by atoms with Crippen LogP contribution in [-0.2, 0) is 4.79 Å². The molecule has 0 saturated heterocycles. The second kappa shape index (κ2) is 7.17. The molecule has 18 heavy (non-hydrogen) atoms. The molecule has 1 fully saturated rings. The Labute approximate surface area is 106 Å². The van der Waals surface area contributed by atoms with E-state index in [-0.39, 0.29) is 25.1 Å². The first-order valence-corrected chi connectivity index (χ1v) is 6.21. The van der Waals surface area contributed by atoms with Crippen molar-refractivity contribution in [3.8, 4) is 0 Å². The number of carbonyl (C=O) groups is 2. The van der Waals surface area contributed by atoms with Gasteiger partial charge in [0.1, 0.15) is 6.04 Å². The lowest BCUT2D eigenvalue weighted by Crippen LogP contribution is -2.54. The van der Waals surface area contributed by atoms with Crippen molar-refractivity contribution >= 4 is 12.0 Å². The highest BCUT2D eigenvalue weighted by atomic mass is 16.4.